The van der Waals surface area contributed by atoms with Crippen LogP contribution in [0.2, 0.25) is 0 Å². The maximum Gasteiger partial charge on any atom is 0.430 e. The number of aromatic nitrogens is 3. The van der Waals surface area contributed by atoms with Gasteiger partial charge in [0, 0.05) is 36.3 Å². The molecule has 7 rings (SSSR count). The fraction of sp³-hybridized carbons (Fsp3) is 0.225. The minimum Gasteiger partial charge on any atom is -0.456 e. The number of benzene rings is 4. The molecule has 3 heterocycles. The van der Waals surface area contributed by atoms with E-state index >= 15 is 4.39 Å². The van der Waals surface area contributed by atoms with Gasteiger partial charge in [-0.3, -0.25) is 9.58 Å². The highest BCUT2D eigenvalue weighted by Gasteiger charge is 2.39. The van der Waals surface area contributed by atoms with E-state index in [0.717, 1.165) is 23.5 Å². The summed E-state index contributed by atoms with van der Waals surface area (Å²) in [4.78, 5) is 18.7. The van der Waals surface area contributed by atoms with Crippen LogP contribution in [0.15, 0.2) is 119 Å². The number of hydrogen-bond acceptors (Lipinski definition) is 9. The van der Waals surface area contributed by atoms with Crippen molar-refractivity contribution in [3.8, 4) is 22.8 Å². The third kappa shape index (κ3) is 7.49. The predicted octanol–water partition coefficient (Wildman–Crippen LogP) is 9.16. The van der Waals surface area contributed by atoms with Gasteiger partial charge < -0.3 is 9.47 Å². The van der Waals surface area contributed by atoms with Gasteiger partial charge >= 0.3 is 6.09 Å². The van der Waals surface area contributed by atoms with Crippen molar-refractivity contribution >= 4 is 33.3 Å². The second-order valence-corrected chi connectivity index (χ2v) is 16.4. The van der Waals surface area contributed by atoms with Gasteiger partial charge in [0.1, 0.15) is 33.6 Å². The predicted molar refractivity (Wildman–Crippen MR) is 202 cm³/mol. The van der Waals surface area contributed by atoms with Crippen molar-refractivity contribution in [2.24, 2.45) is 0 Å². The van der Waals surface area contributed by atoms with Crippen LogP contribution in [-0.4, -0.2) is 52.9 Å². The largest absolute Gasteiger partial charge is 0.456 e. The first kappa shape index (κ1) is 36.9. The molecule has 1 amide bonds. The second kappa shape index (κ2) is 14.8. The number of amides is 1. The molecule has 1 fully saturated rings. The number of carbonyl (C=O) groups is 1. The van der Waals surface area contributed by atoms with E-state index in [0.29, 0.717) is 28.7 Å². The molecule has 2 aromatic heterocycles. The molecule has 0 aliphatic carbocycles. The van der Waals surface area contributed by atoms with Gasteiger partial charge in [-0.15, -0.1) is 15.6 Å². The average Bonchev–Trinajstić information content (AvgIpc) is 3.81. The third-order valence-corrected chi connectivity index (χ3v) is 11.1. The Morgan fingerprint density at radius 1 is 0.926 bits per heavy atom. The lowest BCUT2D eigenvalue weighted by Crippen LogP contribution is -2.50. The molecule has 54 heavy (non-hydrogen) atoms. The lowest BCUT2D eigenvalue weighted by Gasteiger charge is -2.45. The monoisotopic (exact) mass is 769 g/mol. The first-order chi connectivity index (χ1) is 25.8. The van der Waals surface area contributed by atoms with Crippen LogP contribution >= 0.6 is 11.3 Å². The summed E-state index contributed by atoms with van der Waals surface area (Å²) in [6, 6.07) is 28.3. The summed E-state index contributed by atoms with van der Waals surface area (Å²) in [5, 5.41) is 5.96. The van der Waals surface area contributed by atoms with Crippen molar-refractivity contribution in [2.75, 3.05) is 17.4 Å². The smallest absolute Gasteiger partial charge is 0.430 e. The van der Waals surface area contributed by atoms with Crippen molar-refractivity contribution in [2.45, 2.75) is 50.3 Å². The van der Waals surface area contributed by atoms with Gasteiger partial charge in [0.2, 0.25) is 0 Å². The Hall–Kier alpha value is -5.44. The van der Waals surface area contributed by atoms with Crippen molar-refractivity contribution in [3.63, 3.8) is 0 Å². The third-order valence-electron chi connectivity index (χ3n) is 8.87. The van der Waals surface area contributed by atoms with Gasteiger partial charge in [-0.25, -0.2) is 27.0 Å². The van der Waals surface area contributed by atoms with Crippen LogP contribution in [0.25, 0.3) is 11.3 Å². The molecule has 0 bridgehead atoms. The first-order valence-electron chi connectivity index (χ1n) is 17.1. The maximum atomic E-state index is 15.9. The molecule has 0 saturated carbocycles. The molecule has 1 aliphatic rings. The molecule has 0 atom stereocenters. The van der Waals surface area contributed by atoms with E-state index in [1.165, 1.54) is 40.2 Å². The number of halogens is 2. The summed E-state index contributed by atoms with van der Waals surface area (Å²) in [7, 11) is -4.84. The molecule has 278 valence electrons. The van der Waals surface area contributed by atoms with Gasteiger partial charge in [-0.1, -0.05) is 60.7 Å². The van der Waals surface area contributed by atoms with Crippen molar-refractivity contribution in [1.29, 1.82) is 0 Å². The normalized spacial score (nSPS) is 13.8. The van der Waals surface area contributed by atoms with Gasteiger partial charge in [0.05, 0.1) is 23.3 Å². The van der Waals surface area contributed by atoms with E-state index in [4.69, 9.17) is 9.47 Å². The minimum absolute atomic E-state index is 0.00812. The van der Waals surface area contributed by atoms with Gasteiger partial charge in [-0.05, 0) is 74.7 Å². The summed E-state index contributed by atoms with van der Waals surface area (Å²) in [5.74, 6) is -1.72. The molecule has 4 aromatic carbocycles. The van der Waals surface area contributed by atoms with Crippen molar-refractivity contribution in [3.05, 3.63) is 142 Å². The highest BCUT2D eigenvalue weighted by atomic mass is 32.2. The van der Waals surface area contributed by atoms with Crippen LogP contribution in [0.1, 0.15) is 49.5 Å². The number of likely N-dealkylation sites (tertiary alicyclic amines) is 1. The van der Waals surface area contributed by atoms with Crippen LogP contribution in [0, 0.1) is 18.6 Å². The van der Waals surface area contributed by atoms with E-state index in [1.807, 2.05) is 41.1 Å². The molecule has 10 nitrogen and oxygen atoms in total. The Bertz CT molecular complexity index is 2340. The maximum absolute atomic E-state index is 15.9. The highest BCUT2D eigenvalue weighted by Crippen LogP contribution is 2.41. The minimum atomic E-state index is -4.84. The Kier molecular flexibility index (Phi) is 10.1. The Balaban J connectivity index is 1.16. The topological polar surface area (TPSA) is 107 Å². The summed E-state index contributed by atoms with van der Waals surface area (Å²) in [6.07, 6.45) is 0.408. The van der Waals surface area contributed by atoms with Crippen molar-refractivity contribution < 1.29 is 31.5 Å². The highest BCUT2D eigenvalue weighted by molar-refractivity contribution is 7.93. The quantitative estimate of drug-likeness (QED) is 0.136. The molecule has 14 heteroatoms. The standard InChI is InChI=1S/C40H37F2N5O5S2/c1-26-19-36(54(49,50)47(37-24-53-25-43-37)39(48)52-40(2,3)4)32(42)21-35(26)51-34-16-15-29(41)20-31(34)33-17-18-44-46(33)30-22-45(23-30)38(27-11-7-5-8-12-27)28-13-9-6-10-14-28/h5-21,24-25,30,38H,22-23H2,1-4H3. The summed E-state index contributed by atoms with van der Waals surface area (Å²) in [5.41, 5.74) is 3.86. The number of carbonyl (C=O) groups excluding carboxylic acids is 1. The zero-order chi connectivity index (χ0) is 38.2. The number of sulfonamides is 1. The van der Waals surface area contributed by atoms with Gasteiger partial charge in [0.25, 0.3) is 10.0 Å². The number of nitrogens with zero attached hydrogens (tertiary/aromatic N) is 5. The van der Waals surface area contributed by atoms with Crippen LogP contribution in [0.4, 0.5) is 19.4 Å². The van der Waals surface area contributed by atoms with Crippen LogP contribution < -0.4 is 9.04 Å². The van der Waals surface area contributed by atoms with Crippen LogP contribution in [0.3, 0.4) is 0 Å². The summed E-state index contributed by atoms with van der Waals surface area (Å²) < 4.78 is 72.2. The average molecular weight is 770 g/mol. The van der Waals surface area contributed by atoms with Gasteiger partial charge in [-0.2, -0.15) is 5.10 Å². The number of rotatable bonds is 10. The molecule has 0 radical (unpaired) electrons. The fourth-order valence-corrected chi connectivity index (χ4v) is 8.43. The SMILES string of the molecule is Cc1cc(S(=O)(=O)N(C(=O)OC(C)(C)C)c2cscn2)c(F)cc1Oc1ccc(F)cc1-c1ccnn1C1CN(C(c2ccccc2)c2ccccc2)C1. The molecule has 1 saturated heterocycles. The second-order valence-electron chi connectivity index (χ2n) is 13.9. The van der Waals surface area contributed by atoms with E-state index in [2.05, 4.69) is 39.2 Å². The summed E-state index contributed by atoms with van der Waals surface area (Å²) >= 11 is 1.06. The Morgan fingerprint density at radius 2 is 1.59 bits per heavy atom. The van der Waals surface area contributed by atoms with Gasteiger partial charge in [0.15, 0.2) is 5.82 Å². The Labute approximate surface area is 316 Å². The molecule has 1 aliphatic heterocycles. The molecule has 6 aromatic rings. The fourth-order valence-electron chi connectivity index (χ4n) is 6.43. The number of aryl methyl sites for hydroxylation is 1. The van der Waals surface area contributed by atoms with Crippen LogP contribution in [-0.2, 0) is 14.8 Å². The molecular formula is C40H37F2N5O5S2. The first-order valence-corrected chi connectivity index (χ1v) is 19.5. The summed E-state index contributed by atoms with van der Waals surface area (Å²) in [6.45, 7) is 7.64. The number of thiazole rings is 1. The lowest BCUT2D eigenvalue weighted by molar-refractivity contribution is 0.0608. The zero-order valence-electron chi connectivity index (χ0n) is 29.9. The van der Waals surface area contributed by atoms with Crippen LogP contribution in [0.5, 0.6) is 11.5 Å². The Morgan fingerprint density at radius 3 is 2.20 bits per heavy atom. The van der Waals surface area contributed by atoms with E-state index in [1.54, 1.807) is 40.0 Å². The van der Waals surface area contributed by atoms with E-state index in [-0.39, 0.29) is 35.0 Å². The number of anilines is 1. The molecule has 0 spiro atoms. The van der Waals surface area contributed by atoms with E-state index in [9.17, 15) is 17.6 Å². The van der Waals surface area contributed by atoms with E-state index < -0.39 is 38.2 Å². The molecular weight excluding hydrogens is 733 g/mol. The van der Waals surface area contributed by atoms with Crippen molar-refractivity contribution in [1.82, 2.24) is 19.7 Å². The molecule has 0 unspecified atom stereocenters. The number of ether oxygens (including phenoxy) is 2. The lowest BCUT2D eigenvalue weighted by atomic mass is 9.93. The number of hydrogen-bond donors (Lipinski definition) is 0. The molecule has 0 N–H and O–H groups in total. The zero-order valence-corrected chi connectivity index (χ0v) is 31.5.